The second kappa shape index (κ2) is 6.00. The van der Waals surface area contributed by atoms with E-state index in [1.807, 2.05) is 12.1 Å². The fourth-order valence-electron chi connectivity index (χ4n) is 1.98. The topological polar surface area (TPSA) is 67.4 Å². The Bertz CT molecular complexity index is 927. The third-order valence-corrected chi connectivity index (χ3v) is 3.52. The third-order valence-electron chi connectivity index (χ3n) is 3.05. The molecule has 3 rings (SSSR count). The minimum Gasteiger partial charge on any atom is -0.487 e. The number of nitriles is 1. The molecule has 0 aliphatic heterocycles. The molecule has 0 aliphatic carbocycles. The molecule has 0 spiro atoms. The molecule has 5 nitrogen and oxygen atoms in total. The van der Waals surface area contributed by atoms with Crippen LogP contribution in [-0.2, 0) is 6.61 Å². The zero-order valence-electron chi connectivity index (χ0n) is 11.4. The number of rotatable bonds is 3. The Kier molecular flexibility index (Phi) is 3.90. The molecule has 108 valence electrons. The zero-order chi connectivity index (χ0) is 15.5. The van der Waals surface area contributed by atoms with Crippen LogP contribution in [0.3, 0.4) is 0 Å². The van der Waals surface area contributed by atoms with E-state index in [1.165, 1.54) is 10.5 Å². The minimum atomic E-state index is -0.162. The maximum Gasteiger partial charge on any atom is 0.258 e. The van der Waals surface area contributed by atoms with E-state index in [9.17, 15) is 4.79 Å². The summed E-state index contributed by atoms with van der Waals surface area (Å²) in [4.78, 5) is 16.4. The maximum absolute atomic E-state index is 12.1. The number of fused-ring (bicyclic) bond motifs is 1. The highest BCUT2D eigenvalue weighted by Gasteiger charge is 2.04. The van der Waals surface area contributed by atoms with Gasteiger partial charge in [0.05, 0.1) is 17.3 Å². The first-order chi connectivity index (χ1) is 10.7. The van der Waals surface area contributed by atoms with Crippen LogP contribution in [0.25, 0.3) is 5.65 Å². The molecule has 0 radical (unpaired) electrons. The molecule has 1 aromatic carbocycles. The van der Waals surface area contributed by atoms with Crippen molar-refractivity contribution >= 4 is 21.6 Å². The first kappa shape index (κ1) is 14.3. The lowest BCUT2D eigenvalue weighted by atomic mass is 10.2. The van der Waals surface area contributed by atoms with Gasteiger partial charge in [0.1, 0.15) is 18.0 Å². The predicted molar refractivity (Wildman–Crippen MR) is 84.7 cm³/mol. The lowest BCUT2D eigenvalue weighted by molar-refractivity contribution is 0.301. The molecular weight excluding hydrogens is 346 g/mol. The standard InChI is InChI=1S/C16H10BrN3O2/c17-12-3-6-15-19-13(7-16(21)20(15)9-12)10-22-14-4-1-11(8-18)2-5-14/h1-7,9H,10H2. The van der Waals surface area contributed by atoms with Gasteiger partial charge in [-0.15, -0.1) is 0 Å². The normalized spacial score (nSPS) is 10.4. The van der Waals surface area contributed by atoms with Crippen molar-refractivity contribution in [1.82, 2.24) is 9.38 Å². The van der Waals surface area contributed by atoms with Gasteiger partial charge in [0.25, 0.3) is 5.56 Å². The van der Waals surface area contributed by atoms with Crippen LogP contribution in [0.5, 0.6) is 5.75 Å². The van der Waals surface area contributed by atoms with Crippen LogP contribution in [0.1, 0.15) is 11.3 Å². The van der Waals surface area contributed by atoms with E-state index in [4.69, 9.17) is 10.00 Å². The van der Waals surface area contributed by atoms with E-state index in [-0.39, 0.29) is 12.2 Å². The average Bonchev–Trinajstić information content (AvgIpc) is 2.54. The largest absolute Gasteiger partial charge is 0.487 e. The van der Waals surface area contributed by atoms with Gasteiger partial charge < -0.3 is 4.74 Å². The monoisotopic (exact) mass is 355 g/mol. The number of aromatic nitrogens is 2. The second-order valence-corrected chi connectivity index (χ2v) is 5.50. The SMILES string of the molecule is N#Cc1ccc(OCc2cc(=O)n3cc(Br)ccc3n2)cc1. The highest BCUT2D eigenvalue weighted by atomic mass is 79.9. The van der Waals surface area contributed by atoms with Gasteiger partial charge >= 0.3 is 0 Å². The third kappa shape index (κ3) is 3.00. The van der Waals surface area contributed by atoms with Gasteiger partial charge in [0.15, 0.2) is 0 Å². The Morgan fingerprint density at radius 3 is 2.73 bits per heavy atom. The minimum absolute atomic E-state index is 0.162. The van der Waals surface area contributed by atoms with Crippen molar-refractivity contribution in [3.05, 3.63) is 74.7 Å². The first-order valence-electron chi connectivity index (χ1n) is 6.46. The van der Waals surface area contributed by atoms with Crippen LogP contribution in [0.2, 0.25) is 0 Å². The number of halogens is 1. The molecule has 22 heavy (non-hydrogen) atoms. The van der Waals surface area contributed by atoms with Crippen LogP contribution in [0, 0.1) is 11.3 Å². The molecule has 0 saturated carbocycles. The second-order valence-electron chi connectivity index (χ2n) is 4.59. The van der Waals surface area contributed by atoms with E-state index in [2.05, 4.69) is 20.9 Å². The van der Waals surface area contributed by atoms with Crippen molar-refractivity contribution in [2.75, 3.05) is 0 Å². The Morgan fingerprint density at radius 1 is 1.23 bits per heavy atom. The molecule has 3 aromatic rings. The van der Waals surface area contributed by atoms with E-state index < -0.39 is 0 Å². The van der Waals surface area contributed by atoms with Crippen LogP contribution in [0.4, 0.5) is 0 Å². The molecule has 6 heteroatoms. The van der Waals surface area contributed by atoms with Gasteiger partial charge in [-0.2, -0.15) is 5.26 Å². The van der Waals surface area contributed by atoms with Crippen LogP contribution in [-0.4, -0.2) is 9.38 Å². The van der Waals surface area contributed by atoms with Crippen LogP contribution in [0.15, 0.2) is 57.9 Å². The quantitative estimate of drug-likeness (QED) is 0.724. The van der Waals surface area contributed by atoms with Gasteiger partial charge in [0.2, 0.25) is 0 Å². The average molecular weight is 356 g/mol. The molecule has 2 aromatic heterocycles. The Labute approximate surface area is 134 Å². The molecule has 0 aliphatic rings. The lowest BCUT2D eigenvalue weighted by Gasteiger charge is -2.07. The van der Waals surface area contributed by atoms with Gasteiger partial charge in [-0.05, 0) is 52.3 Å². The first-order valence-corrected chi connectivity index (χ1v) is 7.26. The molecular formula is C16H10BrN3O2. The molecule has 0 fully saturated rings. The smallest absolute Gasteiger partial charge is 0.258 e. The number of pyridine rings is 1. The van der Waals surface area contributed by atoms with Gasteiger partial charge in [-0.25, -0.2) is 4.98 Å². The van der Waals surface area contributed by atoms with Crippen molar-refractivity contribution in [2.45, 2.75) is 6.61 Å². The molecule has 0 N–H and O–H groups in total. The maximum atomic E-state index is 12.1. The molecule has 0 amide bonds. The number of benzene rings is 1. The summed E-state index contributed by atoms with van der Waals surface area (Å²) in [6.07, 6.45) is 1.68. The van der Waals surface area contributed by atoms with Gasteiger partial charge in [0, 0.05) is 16.7 Å². The van der Waals surface area contributed by atoms with E-state index >= 15 is 0 Å². The van der Waals surface area contributed by atoms with Crippen LogP contribution < -0.4 is 10.3 Å². The van der Waals surface area contributed by atoms with E-state index in [0.717, 1.165) is 4.47 Å². The van der Waals surface area contributed by atoms with Crippen molar-refractivity contribution in [3.8, 4) is 11.8 Å². The summed E-state index contributed by atoms with van der Waals surface area (Å²) in [5, 5.41) is 8.75. The summed E-state index contributed by atoms with van der Waals surface area (Å²) in [5.74, 6) is 0.622. The summed E-state index contributed by atoms with van der Waals surface area (Å²) in [6.45, 7) is 0.188. The Morgan fingerprint density at radius 2 is 2.00 bits per heavy atom. The van der Waals surface area contributed by atoms with Gasteiger partial charge in [-0.3, -0.25) is 9.20 Å². The molecule has 0 atom stereocenters. The molecule has 0 bridgehead atoms. The molecule has 0 unspecified atom stereocenters. The summed E-state index contributed by atoms with van der Waals surface area (Å²) in [7, 11) is 0. The van der Waals surface area contributed by atoms with Crippen molar-refractivity contribution in [1.29, 1.82) is 5.26 Å². The highest BCUT2D eigenvalue weighted by Crippen LogP contribution is 2.14. The Balaban J connectivity index is 1.83. The lowest BCUT2D eigenvalue weighted by Crippen LogP contribution is -2.16. The molecule has 0 saturated heterocycles. The van der Waals surface area contributed by atoms with Crippen LogP contribution >= 0.6 is 15.9 Å². The summed E-state index contributed by atoms with van der Waals surface area (Å²) < 4.78 is 7.87. The predicted octanol–water partition coefficient (Wildman–Crippen LogP) is 2.91. The number of nitrogens with zero attached hydrogens (tertiary/aromatic N) is 3. The fraction of sp³-hybridized carbons (Fsp3) is 0.0625. The highest BCUT2D eigenvalue weighted by molar-refractivity contribution is 9.10. The van der Waals surface area contributed by atoms with E-state index in [0.29, 0.717) is 22.7 Å². The number of hydrogen-bond donors (Lipinski definition) is 0. The van der Waals surface area contributed by atoms with Gasteiger partial charge in [-0.1, -0.05) is 0 Å². The van der Waals surface area contributed by atoms with E-state index in [1.54, 1.807) is 36.5 Å². The zero-order valence-corrected chi connectivity index (χ0v) is 12.9. The number of hydrogen-bond acceptors (Lipinski definition) is 4. The summed E-state index contributed by atoms with van der Waals surface area (Å²) in [6, 6.07) is 13.9. The van der Waals surface area contributed by atoms with Crippen molar-refractivity contribution < 1.29 is 4.74 Å². The Hall–Kier alpha value is -2.65. The fourth-order valence-corrected chi connectivity index (χ4v) is 2.32. The number of ether oxygens (including phenoxy) is 1. The van der Waals surface area contributed by atoms with Crippen molar-refractivity contribution in [3.63, 3.8) is 0 Å². The summed E-state index contributed by atoms with van der Waals surface area (Å²) in [5.41, 5.74) is 1.52. The van der Waals surface area contributed by atoms with Crippen molar-refractivity contribution in [2.24, 2.45) is 0 Å². The molecule has 2 heterocycles. The summed E-state index contributed by atoms with van der Waals surface area (Å²) >= 11 is 3.32.